The first-order valence-electron chi connectivity index (χ1n) is 5.95. The van der Waals surface area contributed by atoms with Crippen molar-refractivity contribution >= 4 is 33.4 Å². The summed E-state index contributed by atoms with van der Waals surface area (Å²) in [6.07, 6.45) is 2.16. The van der Waals surface area contributed by atoms with Crippen LogP contribution in [0.25, 0.3) is 0 Å². The van der Waals surface area contributed by atoms with E-state index in [-0.39, 0.29) is 16.7 Å². The summed E-state index contributed by atoms with van der Waals surface area (Å²) in [6.45, 7) is 1.61. The number of alkyl halides is 1. The van der Waals surface area contributed by atoms with E-state index in [2.05, 4.69) is 15.9 Å². The summed E-state index contributed by atoms with van der Waals surface area (Å²) in [4.78, 5) is 14.1. The number of carbonyl (C=O) groups is 1. The molecule has 0 saturated carbocycles. The molecule has 2 rings (SSSR count). The Kier molecular flexibility index (Phi) is 4.51. The second-order valence-electron chi connectivity index (χ2n) is 4.55. The van der Waals surface area contributed by atoms with Gasteiger partial charge in [-0.15, -0.1) is 0 Å². The van der Waals surface area contributed by atoms with Crippen LogP contribution in [0.15, 0.2) is 18.2 Å². The minimum atomic E-state index is -0.00558. The summed E-state index contributed by atoms with van der Waals surface area (Å²) >= 11 is 9.25. The van der Waals surface area contributed by atoms with E-state index in [1.165, 1.54) is 12.1 Å². The highest BCUT2D eigenvalue weighted by atomic mass is 79.9. The summed E-state index contributed by atoms with van der Waals surface area (Å²) in [5.74, 6) is 0.585. The third-order valence-corrected chi connectivity index (χ3v) is 4.05. The Morgan fingerprint density at radius 3 is 3.00 bits per heavy atom. The standard InChI is InChI=1S/C13H15BrClNO2/c14-5-3-9-4-6-16(8-9)13(18)10-1-2-12(17)11(15)7-10/h1-2,7,9,17H,3-6,8H2. The number of hydrogen-bond acceptors (Lipinski definition) is 2. The first kappa shape index (κ1) is 13.7. The van der Waals surface area contributed by atoms with Crippen LogP contribution in [0.2, 0.25) is 5.02 Å². The zero-order chi connectivity index (χ0) is 13.1. The lowest BCUT2D eigenvalue weighted by molar-refractivity contribution is 0.0787. The van der Waals surface area contributed by atoms with Crippen molar-refractivity contribution < 1.29 is 9.90 Å². The Bertz CT molecular complexity index is 453. The number of carbonyl (C=O) groups excluding carboxylic acids is 1. The Morgan fingerprint density at radius 1 is 1.56 bits per heavy atom. The third-order valence-electron chi connectivity index (χ3n) is 3.29. The molecule has 0 bridgehead atoms. The number of amides is 1. The molecular weight excluding hydrogens is 318 g/mol. The van der Waals surface area contributed by atoms with E-state index in [4.69, 9.17) is 11.6 Å². The summed E-state index contributed by atoms with van der Waals surface area (Å²) in [7, 11) is 0. The quantitative estimate of drug-likeness (QED) is 0.863. The van der Waals surface area contributed by atoms with Gasteiger partial charge >= 0.3 is 0 Å². The molecule has 1 N–H and O–H groups in total. The van der Waals surface area contributed by atoms with Crippen molar-refractivity contribution in [3.8, 4) is 5.75 Å². The van der Waals surface area contributed by atoms with Crippen LogP contribution in [0.1, 0.15) is 23.2 Å². The zero-order valence-electron chi connectivity index (χ0n) is 9.90. The minimum absolute atomic E-state index is 0.00558. The van der Waals surface area contributed by atoms with Crippen LogP contribution < -0.4 is 0 Å². The lowest BCUT2D eigenvalue weighted by atomic mass is 10.1. The Morgan fingerprint density at radius 2 is 2.33 bits per heavy atom. The van der Waals surface area contributed by atoms with Crippen molar-refractivity contribution in [2.24, 2.45) is 5.92 Å². The number of rotatable bonds is 3. The SMILES string of the molecule is O=C(c1ccc(O)c(Cl)c1)N1CCC(CCBr)C1. The fourth-order valence-corrected chi connectivity index (χ4v) is 3.06. The van der Waals surface area contributed by atoms with Gasteiger partial charge in [0.15, 0.2) is 0 Å². The molecule has 1 aliphatic rings. The predicted molar refractivity (Wildman–Crippen MR) is 75.5 cm³/mol. The summed E-state index contributed by atoms with van der Waals surface area (Å²) in [5.41, 5.74) is 0.539. The van der Waals surface area contributed by atoms with E-state index in [0.29, 0.717) is 11.5 Å². The maximum Gasteiger partial charge on any atom is 0.253 e. The smallest absolute Gasteiger partial charge is 0.253 e. The molecule has 1 saturated heterocycles. The van der Waals surface area contributed by atoms with Crippen LogP contribution in [0, 0.1) is 5.92 Å². The molecule has 98 valence electrons. The molecule has 0 radical (unpaired) electrons. The van der Waals surface area contributed by atoms with Crippen LogP contribution in [0.3, 0.4) is 0 Å². The topological polar surface area (TPSA) is 40.5 Å². The van der Waals surface area contributed by atoms with Crippen molar-refractivity contribution in [1.29, 1.82) is 0 Å². The summed E-state index contributed by atoms with van der Waals surface area (Å²) in [6, 6.07) is 4.60. The highest BCUT2D eigenvalue weighted by Gasteiger charge is 2.26. The van der Waals surface area contributed by atoms with Crippen LogP contribution in [0.4, 0.5) is 0 Å². The molecule has 3 nitrogen and oxygen atoms in total. The average Bonchev–Trinajstić information content (AvgIpc) is 2.81. The number of aromatic hydroxyl groups is 1. The molecule has 1 unspecified atom stereocenters. The van der Waals surface area contributed by atoms with Gasteiger partial charge < -0.3 is 10.0 Å². The van der Waals surface area contributed by atoms with E-state index >= 15 is 0 Å². The van der Waals surface area contributed by atoms with Gasteiger partial charge in [0.05, 0.1) is 5.02 Å². The molecule has 0 aromatic heterocycles. The molecular formula is C13H15BrClNO2. The van der Waals surface area contributed by atoms with E-state index < -0.39 is 0 Å². The molecule has 0 spiro atoms. The summed E-state index contributed by atoms with van der Waals surface area (Å²) in [5, 5.41) is 10.5. The molecule has 1 aromatic rings. The van der Waals surface area contributed by atoms with Crippen molar-refractivity contribution in [1.82, 2.24) is 4.90 Å². The van der Waals surface area contributed by atoms with Gasteiger partial charge in [-0.05, 0) is 37.0 Å². The van der Waals surface area contributed by atoms with Crippen molar-refractivity contribution in [3.05, 3.63) is 28.8 Å². The van der Waals surface area contributed by atoms with Gasteiger partial charge in [0.25, 0.3) is 5.91 Å². The fraction of sp³-hybridized carbons (Fsp3) is 0.462. The number of halogens is 2. The maximum absolute atomic E-state index is 12.2. The molecule has 1 amide bonds. The second-order valence-corrected chi connectivity index (χ2v) is 5.75. The molecule has 0 aliphatic carbocycles. The van der Waals surface area contributed by atoms with Crippen LogP contribution in [0.5, 0.6) is 5.75 Å². The predicted octanol–water partition coefficient (Wildman–Crippen LogP) is 3.29. The number of likely N-dealkylation sites (tertiary alicyclic amines) is 1. The highest BCUT2D eigenvalue weighted by Crippen LogP contribution is 2.26. The van der Waals surface area contributed by atoms with E-state index in [1.807, 2.05) is 4.90 Å². The molecule has 1 aliphatic heterocycles. The van der Waals surface area contributed by atoms with E-state index in [0.717, 1.165) is 31.3 Å². The number of phenolic OH excluding ortho intramolecular Hbond substituents is 1. The highest BCUT2D eigenvalue weighted by molar-refractivity contribution is 9.09. The van der Waals surface area contributed by atoms with Gasteiger partial charge in [-0.3, -0.25) is 4.79 Å². The Balaban J connectivity index is 2.05. The van der Waals surface area contributed by atoms with Gasteiger partial charge in [-0.25, -0.2) is 0 Å². The maximum atomic E-state index is 12.2. The molecule has 1 atom stereocenters. The summed E-state index contributed by atoms with van der Waals surface area (Å²) < 4.78 is 0. The van der Waals surface area contributed by atoms with Crippen molar-refractivity contribution in [2.45, 2.75) is 12.8 Å². The largest absolute Gasteiger partial charge is 0.506 e. The van der Waals surface area contributed by atoms with Gasteiger partial charge in [-0.1, -0.05) is 27.5 Å². The van der Waals surface area contributed by atoms with Crippen LogP contribution in [-0.4, -0.2) is 34.3 Å². The van der Waals surface area contributed by atoms with Crippen LogP contribution >= 0.6 is 27.5 Å². The van der Waals surface area contributed by atoms with Crippen molar-refractivity contribution in [2.75, 3.05) is 18.4 Å². The first-order valence-corrected chi connectivity index (χ1v) is 7.45. The lowest BCUT2D eigenvalue weighted by Crippen LogP contribution is -2.28. The van der Waals surface area contributed by atoms with Gasteiger partial charge in [-0.2, -0.15) is 0 Å². The van der Waals surface area contributed by atoms with Crippen LogP contribution in [-0.2, 0) is 0 Å². The molecule has 1 aromatic carbocycles. The number of benzene rings is 1. The minimum Gasteiger partial charge on any atom is -0.506 e. The average molecular weight is 333 g/mol. The monoisotopic (exact) mass is 331 g/mol. The number of nitrogens with zero attached hydrogens (tertiary/aromatic N) is 1. The van der Waals surface area contributed by atoms with E-state index in [1.54, 1.807) is 6.07 Å². The number of hydrogen-bond donors (Lipinski definition) is 1. The van der Waals surface area contributed by atoms with E-state index in [9.17, 15) is 9.90 Å². The third kappa shape index (κ3) is 2.98. The molecule has 18 heavy (non-hydrogen) atoms. The second kappa shape index (κ2) is 5.93. The van der Waals surface area contributed by atoms with Gasteiger partial charge in [0.2, 0.25) is 0 Å². The Labute approximate surface area is 120 Å². The van der Waals surface area contributed by atoms with Gasteiger partial charge in [0.1, 0.15) is 5.75 Å². The Hall–Kier alpha value is -0.740. The normalized spacial score (nSPS) is 19.2. The molecule has 5 heteroatoms. The molecule has 1 heterocycles. The van der Waals surface area contributed by atoms with Crippen molar-refractivity contribution in [3.63, 3.8) is 0 Å². The molecule has 1 fully saturated rings. The van der Waals surface area contributed by atoms with Gasteiger partial charge in [0, 0.05) is 24.0 Å². The first-order chi connectivity index (χ1) is 8.61. The lowest BCUT2D eigenvalue weighted by Gasteiger charge is -2.16. The fourth-order valence-electron chi connectivity index (χ4n) is 2.23. The zero-order valence-corrected chi connectivity index (χ0v) is 12.2. The number of phenols is 1.